The van der Waals surface area contributed by atoms with E-state index in [-0.39, 0.29) is 30.9 Å². The molecule has 0 radical (unpaired) electrons. The average Bonchev–Trinajstić information content (AvgIpc) is 2.86. The Morgan fingerprint density at radius 1 is 0.946 bits per heavy atom. The lowest BCUT2D eigenvalue weighted by atomic mass is 9.99. The smallest absolute Gasteiger partial charge is 0.246 e. The maximum absolute atomic E-state index is 12.2. The van der Waals surface area contributed by atoms with Gasteiger partial charge >= 0.3 is 0 Å². The highest BCUT2D eigenvalue weighted by Gasteiger charge is 2.22. The standard InChI is InChI=1S/C25H49N5O7/c1-2-3-11-30(28)21-7-5-4-6-8-22(25(21)27)37-20-24(32)29-10-13-34-15-17-36-19-18-35-16-14-33-12-9-23(26)31/h22H,2-20,27-28H2,1H3,(H2,26,31)(H,29,32)/b25-21-. The number of nitrogens with two attached hydrogens (primary N) is 3. The first-order valence-electron chi connectivity index (χ1n) is 13.4. The number of hydrazine groups is 1. The highest BCUT2D eigenvalue weighted by atomic mass is 16.6. The summed E-state index contributed by atoms with van der Waals surface area (Å²) in [6.07, 6.45) is 6.74. The quantitative estimate of drug-likeness (QED) is 0.0877. The van der Waals surface area contributed by atoms with Crippen LogP contribution < -0.4 is 22.6 Å². The summed E-state index contributed by atoms with van der Waals surface area (Å²) in [6, 6.07) is 0. The number of hydrogen-bond donors (Lipinski definition) is 4. The van der Waals surface area contributed by atoms with Gasteiger partial charge in [0, 0.05) is 19.5 Å². The largest absolute Gasteiger partial charge is 0.398 e. The van der Waals surface area contributed by atoms with Gasteiger partial charge in [0.05, 0.1) is 70.4 Å². The molecule has 0 heterocycles. The van der Waals surface area contributed by atoms with Gasteiger partial charge in [0.25, 0.3) is 0 Å². The van der Waals surface area contributed by atoms with E-state index < -0.39 is 0 Å². The molecule has 7 N–H and O–H groups in total. The van der Waals surface area contributed by atoms with Gasteiger partial charge in [0.2, 0.25) is 11.8 Å². The van der Waals surface area contributed by atoms with Gasteiger partial charge in [-0.2, -0.15) is 0 Å². The summed E-state index contributed by atoms with van der Waals surface area (Å²) in [5.74, 6) is 5.66. The number of amides is 2. The molecule has 1 unspecified atom stereocenters. The summed E-state index contributed by atoms with van der Waals surface area (Å²) < 4.78 is 27.3. The van der Waals surface area contributed by atoms with Crippen LogP contribution in [0.25, 0.3) is 0 Å². The Bertz CT molecular complexity index is 651. The zero-order chi connectivity index (χ0) is 27.1. The third-order valence-corrected chi connectivity index (χ3v) is 5.75. The van der Waals surface area contributed by atoms with Gasteiger partial charge in [-0.15, -0.1) is 0 Å². The number of carbonyl (C=O) groups is 2. The van der Waals surface area contributed by atoms with Crippen molar-refractivity contribution in [3.8, 4) is 0 Å². The van der Waals surface area contributed by atoms with Crippen LogP contribution in [-0.4, -0.2) is 95.5 Å². The molecule has 0 spiro atoms. The van der Waals surface area contributed by atoms with Crippen LogP contribution in [0.1, 0.15) is 58.3 Å². The molecule has 0 aliphatic heterocycles. The highest BCUT2D eigenvalue weighted by molar-refractivity contribution is 5.77. The molecule has 0 saturated heterocycles. The molecule has 0 aromatic carbocycles. The Kier molecular flexibility index (Phi) is 19.7. The normalized spacial score (nSPS) is 18.3. The molecule has 37 heavy (non-hydrogen) atoms. The molecule has 0 aromatic rings. The van der Waals surface area contributed by atoms with Gasteiger partial charge in [-0.1, -0.05) is 26.2 Å². The van der Waals surface area contributed by atoms with E-state index in [1.54, 1.807) is 5.01 Å². The fourth-order valence-electron chi connectivity index (χ4n) is 3.66. The van der Waals surface area contributed by atoms with Crippen molar-refractivity contribution in [2.45, 2.75) is 64.4 Å². The molecule has 1 aliphatic carbocycles. The van der Waals surface area contributed by atoms with E-state index >= 15 is 0 Å². The summed E-state index contributed by atoms with van der Waals surface area (Å²) >= 11 is 0. The van der Waals surface area contributed by atoms with Crippen molar-refractivity contribution in [3.05, 3.63) is 11.4 Å². The molecule has 0 fully saturated rings. The van der Waals surface area contributed by atoms with Crippen LogP contribution in [0.5, 0.6) is 0 Å². The van der Waals surface area contributed by atoms with Gasteiger partial charge < -0.3 is 45.5 Å². The second kappa shape index (κ2) is 22.1. The zero-order valence-corrected chi connectivity index (χ0v) is 22.5. The Hall–Kier alpha value is -1.96. The number of nitrogens with zero attached hydrogens (tertiary/aromatic N) is 1. The van der Waals surface area contributed by atoms with Gasteiger partial charge in [-0.05, 0) is 25.7 Å². The van der Waals surface area contributed by atoms with Crippen LogP contribution in [0.4, 0.5) is 0 Å². The first kappa shape index (κ1) is 33.1. The molecule has 0 aromatic heterocycles. The van der Waals surface area contributed by atoms with E-state index in [1.165, 1.54) is 0 Å². The van der Waals surface area contributed by atoms with E-state index in [4.69, 9.17) is 41.0 Å². The number of unbranched alkanes of at least 4 members (excludes halogenated alkanes) is 1. The van der Waals surface area contributed by atoms with Crippen molar-refractivity contribution >= 4 is 11.8 Å². The summed E-state index contributed by atoms with van der Waals surface area (Å²) in [4.78, 5) is 22.8. The minimum absolute atomic E-state index is 0.0581. The molecule has 216 valence electrons. The van der Waals surface area contributed by atoms with Crippen molar-refractivity contribution in [2.75, 3.05) is 72.6 Å². The lowest BCUT2D eigenvalue weighted by Crippen LogP contribution is -2.38. The molecule has 2 amide bonds. The van der Waals surface area contributed by atoms with Gasteiger partial charge in [0.15, 0.2) is 0 Å². The van der Waals surface area contributed by atoms with Crippen molar-refractivity contribution in [1.82, 2.24) is 10.3 Å². The number of primary amides is 1. The van der Waals surface area contributed by atoms with Crippen molar-refractivity contribution in [1.29, 1.82) is 0 Å². The van der Waals surface area contributed by atoms with Crippen LogP contribution in [0.3, 0.4) is 0 Å². The average molecular weight is 532 g/mol. The number of carbonyl (C=O) groups excluding carboxylic acids is 2. The Labute approximate surface area is 221 Å². The lowest BCUT2D eigenvalue weighted by molar-refractivity contribution is -0.127. The molecule has 1 aliphatic rings. The van der Waals surface area contributed by atoms with Gasteiger partial charge in [0.1, 0.15) is 6.61 Å². The SMILES string of the molecule is CCCCN(N)/C1=C(\N)C(OCC(=O)NCCOCCOCCOCCOCCC(N)=O)CCCCC1. The number of allylic oxidation sites excluding steroid dienone is 1. The maximum atomic E-state index is 12.2. The van der Waals surface area contributed by atoms with Crippen molar-refractivity contribution in [3.63, 3.8) is 0 Å². The minimum atomic E-state index is -0.382. The van der Waals surface area contributed by atoms with E-state index in [2.05, 4.69) is 12.2 Å². The third kappa shape index (κ3) is 17.2. The molecular weight excluding hydrogens is 482 g/mol. The first-order valence-corrected chi connectivity index (χ1v) is 13.4. The van der Waals surface area contributed by atoms with Crippen molar-refractivity contribution < 1.29 is 33.3 Å². The predicted octanol–water partition coefficient (Wildman–Crippen LogP) is 0.540. The van der Waals surface area contributed by atoms with Gasteiger partial charge in [-0.25, -0.2) is 5.84 Å². The second-order valence-electron chi connectivity index (χ2n) is 8.86. The lowest BCUT2D eigenvalue weighted by Gasteiger charge is -2.29. The van der Waals surface area contributed by atoms with Crippen LogP contribution >= 0.6 is 0 Å². The Morgan fingerprint density at radius 3 is 2.19 bits per heavy atom. The highest BCUT2D eigenvalue weighted by Crippen LogP contribution is 2.24. The fraction of sp³-hybridized carbons (Fsp3) is 0.840. The molecule has 1 atom stereocenters. The number of rotatable bonds is 22. The zero-order valence-electron chi connectivity index (χ0n) is 22.5. The number of ether oxygens (including phenoxy) is 5. The van der Waals surface area contributed by atoms with Crippen molar-refractivity contribution in [2.24, 2.45) is 17.3 Å². The fourth-order valence-corrected chi connectivity index (χ4v) is 3.66. The van der Waals surface area contributed by atoms with Crippen LogP contribution in [0, 0.1) is 0 Å². The minimum Gasteiger partial charge on any atom is -0.398 e. The number of hydrogen-bond acceptors (Lipinski definition) is 10. The van der Waals surface area contributed by atoms with Crippen LogP contribution in [0.15, 0.2) is 11.4 Å². The summed E-state index contributed by atoms with van der Waals surface area (Å²) in [6.45, 7) is 6.47. The summed E-state index contributed by atoms with van der Waals surface area (Å²) in [7, 11) is 0. The van der Waals surface area contributed by atoms with E-state index in [0.717, 1.165) is 57.2 Å². The van der Waals surface area contributed by atoms with Crippen LogP contribution in [0.2, 0.25) is 0 Å². The Balaban J connectivity index is 2.08. The Morgan fingerprint density at radius 2 is 1.57 bits per heavy atom. The summed E-state index contributed by atoms with van der Waals surface area (Å²) in [5, 5.41) is 4.54. The molecule has 0 saturated carbocycles. The second-order valence-corrected chi connectivity index (χ2v) is 8.86. The molecule has 0 bridgehead atoms. The third-order valence-electron chi connectivity index (χ3n) is 5.75. The topological polar surface area (TPSA) is 174 Å². The van der Waals surface area contributed by atoms with Gasteiger partial charge in [-0.3, -0.25) is 9.59 Å². The molecular formula is C25H49N5O7. The number of nitrogens with one attached hydrogen (secondary N) is 1. The van der Waals surface area contributed by atoms with Crippen LogP contribution in [-0.2, 0) is 33.3 Å². The van der Waals surface area contributed by atoms with E-state index in [1.807, 2.05) is 0 Å². The maximum Gasteiger partial charge on any atom is 0.246 e. The molecule has 1 rings (SSSR count). The van der Waals surface area contributed by atoms with E-state index in [9.17, 15) is 9.59 Å². The summed E-state index contributed by atoms with van der Waals surface area (Å²) in [5.41, 5.74) is 13.0. The first-order chi connectivity index (χ1) is 18.0. The van der Waals surface area contributed by atoms with E-state index in [0.29, 0.717) is 65.1 Å². The predicted molar refractivity (Wildman–Crippen MR) is 140 cm³/mol. The molecule has 12 heteroatoms. The monoisotopic (exact) mass is 531 g/mol. The molecule has 12 nitrogen and oxygen atoms in total.